The smallest absolute Gasteiger partial charge is 0.0746 e. The molecular formula is C16H29N. The molecule has 1 fully saturated rings. The molecule has 0 heterocycles. The van der Waals surface area contributed by atoms with Crippen LogP contribution in [0, 0.1) is 30.2 Å². The standard InChI is InChI=1S/C16H29N/c1-11(2)14-7-6-13(4)16(15(14)17-5)9-8-12(3)10-16/h10-11,13-15H,5-9,17H2,1-4H3/t13-,14+,15-,16-/m1/s1. The van der Waals surface area contributed by atoms with Crippen LogP contribution in [0.3, 0.4) is 0 Å². The highest BCUT2D eigenvalue weighted by molar-refractivity contribution is 5.20. The molecule has 0 saturated heterocycles. The molecule has 0 amide bonds. The summed E-state index contributed by atoms with van der Waals surface area (Å²) in [6.07, 6.45) is 8.07. The molecule has 0 aromatic heterocycles. The van der Waals surface area contributed by atoms with E-state index >= 15 is 0 Å². The van der Waals surface area contributed by atoms with Gasteiger partial charge in [0.25, 0.3) is 0 Å². The molecule has 0 aliphatic heterocycles. The third kappa shape index (κ3) is 2.07. The highest BCUT2D eigenvalue weighted by Gasteiger charge is 2.51. The lowest BCUT2D eigenvalue weighted by Gasteiger charge is -2.49. The van der Waals surface area contributed by atoms with Crippen LogP contribution in [-0.4, -0.2) is 6.04 Å². The van der Waals surface area contributed by atoms with Gasteiger partial charge < -0.3 is 5.32 Å². The summed E-state index contributed by atoms with van der Waals surface area (Å²) in [7, 11) is 4.17. The maximum absolute atomic E-state index is 4.17. The zero-order chi connectivity index (χ0) is 12.6. The van der Waals surface area contributed by atoms with Gasteiger partial charge in [0.15, 0.2) is 0 Å². The second kappa shape index (κ2) is 4.76. The molecule has 1 saturated carbocycles. The Bertz CT molecular complexity index is 305. The Morgan fingerprint density at radius 3 is 2.59 bits per heavy atom. The third-order valence-corrected chi connectivity index (χ3v) is 5.51. The molecule has 0 aromatic carbocycles. The maximum Gasteiger partial charge on any atom is 0.0746 e. The van der Waals surface area contributed by atoms with Gasteiger partial charge in [-0.25, -0.2) is 0 Å². The van der Waals surface area contributed by atoms with E-state index in [-0.39, 0.29) is 0 Å². The van der Waals surface area contributed by atoms with Crippen LogP contribution < -0.4 is 5.32 Å². The van der Waals surface area contributed by atoms with Gasteiger partial charge in [0.1, 0.15) is 0 Å². The summed E-state index contributed by atoms with van der Waals surface area (Å²) in [5.41, 5.74) is 2.05. The molecule has 2 N–H and O–H groups in total. The Labute approximate surface area is 107 Å². The second-order valence-electron chi connectivity index (χ2n) is 6.75. The van der Waals surface area contributed by atoms with Crippen LogP contribution >= 0.6 is 0 Å². The Morgan fingerprint density at radius 1 is 1.41 bits per heavy atom. The summed E-state index contributed by atoms with van der Waals surface area (Å²) < 4.78 is 0. The van der Waals surface area contributed by atoms with E-state index in [0.717, 1.165) is 17.8 Å². The number of rotatable bonds is 2. The molecule has 17 heavy (non-hydrogen) atoms. The van der Waals surface area contributed by atoms with Gasteiger partial charge in [0.2, 0.25) is 0 Å². The molecule has 1 nitrogen and oxygen atoms in total. The van der Waals surface area contributed by atoms with E-state index in [9.17, 15) is 0 Å². The van der Waals surface area contributed by atoms with Crippen LogP contribution in [0.4, 0.5) is 0 Å². The van der Waals surface area contributed by atoms with Gasteiger partial charge in [0, 0.05) is 11.3 Å². The lowest BCUT2D eigenvalue weighted by molar-refractivity contribution is -0.661. The van der Waals surface area contributed by atoms with Crippen molar-refractivity contribution in [3.8, 4) is 0 Å². The molecule has 2 aliphatic rings. The van der Waals surface area contributed by atoms with E-state index in [1.165, 1.54) is 25.7 Å². The average Bonchev–Trinajstić information content (AvgIpc) is 2.65. The summed E-state index contributed by atoms with van der Waals surface area (Å²) in [6.45, 7) is 9.54. The molecule has 2 aliphatic carbocycles. The number of allylic oxidation sites excluding steroid dienone is 1. The first-order valence-corrected chi connectivity index (χ1v) is 7.32. The number of nitrogens with two attached hydrogens (primary N) is 1. The molecule has 0 bridgehead atoms. The summed E-state index contributed by atoms with van der Waals surface area (Å²) >= 11 is 0. The van der Waals surface area contributed by atoms with Crippen LogP contribution in [-0.2, 0) is 0 Å². The maximum atomic E-state index is 4.17. The van der Waals surface area contributed by atoms with Crippen LogP contribution in [0.25, 0.3) is 0 Å². The highest BCUT2D eigenvalue weighted by Crippen LogP contribution is 2.52. The van der Waals surface area contributed by atoms with Gasteiger partial charge in [-0.1, -0.05) is 32.4 Å². The summed E-state index contributed by atoms with van der Waals surface area (Å²) in [5, 5.41) is 2.27. The summed E-state index contributed by atoms with van der Waals surface area (Å²) in [5.74, 6) is 2.46. The van der Waals surface area contributed by atoms with E-state index in [4.69, 9.17) is 0 Å². The van der Waals surface area contributed by atoms with Gasteiger partial charge in [-0.05, 0) is 44.4 Å². The van der Waals surface area contributed by atoms with Gasteiger partial charge >= 0.3 is 0 Å². The fraction of sp³-hybridized carbons (Fsp3) is 0.812. The monoisotopic (exact) mass is 235 g/mol. The predicted molar refractivity (Wildman–Crippen MR) is 73.2 cm³/mol. The number of hydrogen-bond acceptors (Lipinski definition) is 0. The first-order chi connectivity index (χ1) is 8.01. The van der Waals surface area contributed by atoms with Gasteiger partial charge in [0.05, 0.1) is 6.04 Å². The van der Waals surface area contributed by atoms with Crippen molar-refractivity contribution in [2.24, 2.45) is 23.2 Å². The largest absolute Gasteiger partial charge is 0.475 e. The lowest BCUT2D eigenvalue weighted by atomic mass is 9.58. The van der Waals surface area contributed by atoms with Gasteiger partial charge in [-0.2, -0.15) is 7.05 Å². The molecule has 2 rings (SSSR count). The van der Waals surface area contributed by atoms with Gasteiger partial charge in [-0.15, -0.1) is 0 Å². The molecule has 0 radical (unpaired) electrons. The topological polar surface area (TPSA) is 16.6 Å². The minimum atomic E-state index is 0.443. The van der Waals surface area contributed by atoms with E-state index in [1.54, 1.807) is 5.57 Å². The molecule has 0 unspecified atom stereocenters. The first kappa shape index (κ1) is 13.1. The van der Waals surface area contributed by atoms with Crippen molar-refractivity contribution in [3.63, 3.8) is 0 Å². The molecule has 1 spiro atoms. The van der Waals surface area contributed by atoms with Crippen LogP contribution in [0.15, 0.2) is 11.6 Å². The van der Waals surface area contributed by atoms with Crippen molar-refractivity contribution in [3.05, 3.63) is 18.7 Å². The lowest BCUT2D eigenvalue weighted by Crippen LogP contribution is -2.90. The van der Waals surface area contributed by atoms with Crippen LogP contribution in [0.5, 0.6) is 0 Å². The Kier molecular flexibility index (Phi) is 3.68. The SMILES string of the molecule is [CH2-][NH2+][C@@H]1[C@H](C(C)C)CC[C@@H](C)[C@@]12C=C(C)CC2. The average molecular weight is 235 g/mol. The highest BCUT2D eigenvalue weighted by atomic mass is 14.9. The van der Waals surface area contributed by atoms with Crippen molar-refractivity contribution in [2.45, 2.75) is 59.4 Å². The first-order valence-electron chi connectivity index (χ1n) is 7.32. The number of quaternary nitrogens is 1. The quantitative estimate of drug-likeness (QED) is 0.559. The van der Waals surface area contributed by atoms with Gasteiger partial charge in [-0.3, -0.25) is 0 Å². The zero-order valence-electron chi connectivity index (χ0n) is 12.0. The van der Waals surface area contributed by atoms with Crippen molar-refractivity contribution in [2.75, 3.05) is 0 Å². The zero-order valence-corrected chi connectivity index (χ0v) is 12.0. The van der Waals surface area contributed by atoms with E-state index in [1.807, 2.05) is 0 Å². The summed E-state index contributed by atoms with van der Waals surface area (Å²) in [4.78, 5) is 0. The molecular weight excluding hydrogens is 206 g/mol. The van der Waals surface area contributed by atoms with Crippen molar-refractivity contribution >= 4 is 0 Å². The molecule has 1 heteroatoms. The Hall–Kier alpha value is -0.300. The van der Waals surface area contributed by atoms with E-state index < -0.39 is 0 Å². The van der Waals surface area contributed by atoms with Crippen molar-refractivity contribution in [1.29, 1.82) is 0 Å². The Balaban J connectivity index is 2.33. The molecule has 0 aromatic rings. The van der Waals surface area contributed by atoms with Crippen LogP contribution in [0.2, 0.25) is 0 Å². The normalized spacial score (nSPS) is 42.2. The predicted octanol–water partition coefficient (Wildman–Crippen LogP) is 3.14. The fourth-order valence-corrected chi connectivity index (χ4v) is 4.43. The fourth-order valence-electron chi connectivity index (χ4n) is 4.43. The van der Waals surface area contributed by atoms with Crippen molar-refractivity contribution < 1.29 is 5.32 Å². The van der Waals surface area contributed by atoms with Crippen LogP contribution in [0.1, 0.15) is 53.4 Å². The second-order valence-corrected chi connectivity index (χ2v) is 6.75. The number of hydrogen-bond donors (Lipinski definition) is 1. The minimum absolute atomic E-state index is 0.443. The molecule has 4 atom stereocenters. The van der Waals surface area contributed by atoms with E-state index in [2.05, 4.69) is 46.1 Å². The Morgan fingerprint density at radius 2 is 2.12 bits per heavy atom. The molecule has 98 valence electrons. The summed E-state index contributed by atoms with van der Waals surface area (Å²) in [6, 6.07) is 0.698. The van der Waals surface area contributed by atoms with E-state index in [0.29, 0.717) is 11.5 Å². The minimum Gasteiger partial charge on any atom is -0.475 e. The van der Waals surface area contributed by atoms with Crippen molar-refractivity contribution in [1.82, 2.24) is 0 Å². The third-order valence-electron chi connectivity index (χ3n) is 5.51.